The Morgan fingerprint density at radius 3 is 2.20 bits per heavy atom. The monoisotopic (exact) mass is 540 g/mol. The highest BCUT2D eigenvalue weighted by atomic mass is 16.1. The summed E-state index contributed by atoms with van der Waals surface area (Å²) in [5.41, 5.74) is 7.73. The van der Waals surface area contributed by atoms with Crippen molar-refractivity contribution in [1.29, 1.82) is 0 Å². The van der Waals surface area contributed by atoms with E-state index in [1.165, 1.54) is 25.9 Å². The molecule has 0 atom stereocenters. The number of hydrogen-bond acceptors (Lipinski definition) is 5. The van der Waals surface area contributed by atoms with Crippen LogP contribution in [-0.4, -0.2) is 49.0 Å². The van der Waals surface area contributed by atoms with E-state index in [0.717, 1.165) is 70.6 Å². The van der Waals surface area contributed by atoms with Crippen LogP contribution in [0, 0.1) is 0 Å². The van der Waals surface area contributed by atoms with Gasteiger partial charge in [-0.25, -0.2) is 9.97 Å². The molecular weight excluding hydrogens is 508 g/mol. The molecule has 204 valence electrons. The number of nitrogens with zero attached hydrogens (tertiary/aromatic N) is 5. The summed E-state index contributed by atoms with van der Waals surface area (Å²) in [7, 11) is 0. The quantitative estimate of drug-likeness (QED) is 0.222. The van der Waals surface area contributed by atoms with Crippen LogP contribution in [0.2, 0.25) is 0 Å². The molecule has 0 spiro atoms. The minimum atomic E-state index is -0.198. The highest BCUT2D eigenvalue weighted by Gasteiger charge is 2.17. The first-order valence-corrected chi connectivity index (χ1v) is 14.5. The largest absolute Gasteiger partial charge is 0.324 e. The molecule has 7 rings (SSSR count). The van der Waals surface area contributed by atoms with E-state index in [0.29, 0.717) is 11.2 Å². The van der Waals surface area contributed by atoms with Crippen molar-refractivity contribution in [1.82, 2.24) is 29.4 Å². The molecule has 6 aromatic rings. The zero-order valence-corrected chi connectivity index (χ0v) is 23.0. The van der Waals surface area contributed by atoms with Crippen molar-refractivity contribution in [3.63, 3.8) is 0 Å². The summed E-state index contributed by atoms with van der Waals surface area (Å²) in [5.74, 6) is 0.934. The minimum Gasteiger partial charge on any atom is -0.324 e. The molecule has 1 fully saturated rings. The van der Waals surface area contributed by atoms with Gasteiger partial charge >= 0.3 is 0 Å². The van der Waals surface area contributed by atoms with Crippen LogP contribution in [0.15, 0.2) is 96.1 Å². The number of hydrogen-bond donors (Lipinski definition) is 1. The molecule has 3 aromatic carbocycles. The van der Waals surface area contributed by atoms with Gasteiger partial charge in [0.25, 0.3) is 5.56 Å². The molecule has 1 saturated heterocycles. The Bertz CT molecular complexity index is 1850. The van der Waals surface area contributed by atoms with Crippen LogP contribution >= 0.6 is 0 Å². The number of unbranched alkanes of at least 4 members (excludes halogenated alkanes) is 1. The van der Waals surface area contributed by atoms with Gasteiger partial charge in [0.2, 0.25) is 0 Å². The molecule has 41 heavy (non-hydrogen) atoms. The number of aromatic nitrogens is 5. The molecular formula is C34H32N6O. The third kappa shape index (κ3) is 5.16. The molecule has 4 heterocycles. The topological polar surface area (TPSA) is 79.7 Å². The minimum absolute atomic E-state index is 0.198. The summed E-state index contributed by atoms with van der Waals surface area (Å²) in [5, 5.41) is 0. The number of pyridine rings is 1. The summed E-state index contributed by atoms with van der Waals surface area (Å²) in [6.07, 6.45) is 8.49. The lowest BCUT2D eigenvalue weighted by Gasteiger charge is -2.15. The molecule has 0 bridgehead atoms. The molecule has 1 aliphatic heterocycles. The van der Waals surface area contributed by atoms with Crippen LogP contribution in [0.4, 0.5) is 0 Å². The fourth-order valence-corrected chi connectivity index (χ4v) is 5.91. The summed E-state index contributed by atoms with van der Waals surface area (Å²) >= 11 is 0. The number of imidazole rings is 1. The van der Waals surface area contributed by atoms with E-state index in [4.69, 9.17) is 9.97 Å². The number of aryl methyl sites for hydroxylation is 1. The van der Waals surface area contributed by atoms with Gasteiger partial charge in [-0.05, 0) is 80.7 Å². The molecule has 7 nitrogen and oxygen atoms in total. The van der Waals surface area contributed by atoms with Crippen LogP contribution in [0.3, 0.4) is 0 Å². The molecule has 0 unspecified atom stereocenters. The SMILES string of the molecule is O=c1[nH]c2cc3nc(-c4ccc(-c5ccncc5)cc4)n(CCCCN4CCCC4)c3cc2nc1-c1ccccc1. The Balaban J connectivity index is 1.29. The van der Waals surface area contributed by atoms with Gasteiger partial charge in [0, 0.05) is 30.1 Å². The molecule has 0 saturated carbocycles. The standard InChI is InChI=1S/C34H32N6O/c41-34-32(26-8-2-1-3-9-26)36-29-23-31-30(22-28(29)38-34)37-33(40(31)21-7-6-20-39-18-4-5-19-39)27-12-10-24(11-13-27)25-14-16-35-17-15-25/h1-3,8-17,22-23H,4-7,18-21H2,(H,38,41). The van der Waals surface area contributed by atoms with E-state index in [9.17, 15) is 4.79 Å². The fourth-order valence-electron chi connectivity index (χ4n) is 5.91. The molecule has 1 aliphatic rings. The van der Waals surface area contributed by atoms with Crippen LogP contribution < -0.4 is 5.56 Å². The first kappa shape index (κ1) is 25.4. The lowest BCUT2D eigenvalue weighted by molar-refractivity contribution is 0.327. The van der Waals surface area contributed by atoms with Crippen molar-refractivity contribution in [2.75, 3.05) is 19.6 Å². The van der Waals surface area contributed by atoms with Crippen LogP contribution in [0.25, 0.3) is 55.8 Å². The predicted octanol–water partition coefficient (Wildman–Crippen LogP) is 6.54. The molecule has 0 aliphatic carbocycles. The van der Waals surface area contributed by atoms with E-state index in [1.54, 1.807) is 0 Å². The Morgan fingerprint density at radius 1 is 0.707 bits per heavy atom. The van der Waals surface area contributed by atoms with Crippen molar-refractivity contribution in [3.05, 3.63) is 102 Å². The van der Waals surface area contributed by atoms with E-state index >= 15 is 0 Å². The summed E-state index contributed by atoms with van der Waals surface area (Å²) < 4.78 is 2.33. The van der Waals surface area contributed by atoms with Gasteiger partial charge in [-0.1, -0.05) is 54.6 Å². The van der Waals surface area contributed by atoms with E-state index in [1.807, 2.05) is 60.9 Å². The summed E-state index contributed by atoms with van der Waals surface area (Å²) in [6.45, 7) is 4.46. The number of fused-ring (bicyclic) bond motifs is 2. The van der Waals surface area contributed by atoms with Crippen LogP contribution in [-0.2, 0) is 6.54 Å². The Kier molecular flexibility index (Phi) is 6.86. The second-order valence-corrected chi connectivity index (χ2v) is 10.8. The van der Waals surface area contributed by atoms with Crippen molar-refractivity contribution in [2.24, 2.45) is 0 Å². The molecule has 0 amide bonds. The Labute approximate surface area is 238 Å². The van der Waals surface area contributed by atoms with Crippen LogP contribution in [0.1, 0.15) is 25.7 Å². The van der Waals surface area contributed by atoms with Crippen molar-refractivity contribution in [2.45, 2.75) is 32.2 Å². The third-order valence-electron chi connectivity index (χ3n) is 8.07. The van der Waals surface area contributed by atoms with Crippen LogP contribution in [0.5, 0.6) is 0 Å². The van der Waals surface area contributed by atoms with Gasteiger partial charge in [-0.2, -0.15) is 0 Å². The zero-order valence-electron chi connectivity index (χ0n) is 23.0. The maximum absolute atomic E-state index is 12.9. The van der Waals surface area contributed by atoms with Gasteiger partial charge in [0.05, 0.1) is 22.1 Å². The first-order chi connectivity index (χ1) is 20.2. The average molecular weight is 541 g/mol. The van der Waals surface area contributed by atoms with E-state index < -0.39 is 0 Å². The van der Waals surface area contributed by atoms with Gasteiger partial charge in [0.15, 0.2) is 0 Å². The normalized spacial score (nSPS) is 13.9. The van der Waals surface area contributed by atoms with Gasteiger partial charge < -0.3 is 14.5 Å². The summed E-state index contributed by atoms with van der Waals surface area (Å²) in [4.78, 5) is 32.6. The number of H-pyrrole nitrogens is 1. The van der Waals surface area contributed by atoms with Gasteiger partial charge in [-0.15, -0.1) is 0 Å². The Morgan fingerprint density at radius 2 is 1.41 bits per heavy atom. The third-order valence-corrected chi connectivity index (χ3v) is 8.07. The smallest absolute Gasteiger partial charge is 0.274 e. The van der Waals surface area contributed by atoms with Gasteiger partial charge in [0.1, 0.15) is 11.5 Å². The predicted molar refractivity (Wildman–Crippen MR) is 165 cm³/mol. The number of nitrogens with one attached hydrogen (secondary N) is 1. The highest BCUT2D eigenvalue weighted by molar-refractivity contribution is 5.93. The maximum Gasteiger partial charge on any atom is 0.274 e. The first-order valence-electron chi connectivity index (χ1n) is 14.5. The van der Waals surface area contributed by atoms with E-state index in [-0.39, 0.29) is 5.56 Å². The van der Waals surface area contributed by atoms with Gasteiger partial charge in [-0.3, -0.25) is 9.78 Å². The number of aromatic amines is 1. The zero-order chi connectivity index (χ0) is 27.6. The second kappa shape index (κ2) is 11.1. The lowest BCUT2D eigenvalue weighted by Crippen LogP contribution is -2.20. The van der Waals surface area contributed by atoms with Crippen molar-refractivity contribution >= 4 is 22.1 Å². The number of rotatable bonds is 8. The maximum atomic E-state index is 12.9. The molecule has 1 N–H and O–H groups in total. The fraction of sp³-hybridized carbons (Fsp3) is 0.235. The van der Waals surface area contributed by atoms with Crippen molar-refractivity contribution < 1.29 is 0 Å². The summed E-state index contributed by atoms with van der Waals surface area (Å²) in [6, 6.07) is 26.3. The highest BCUT2D eigenvalue weighted by Crippen LogP contribution is 2.30. The lowest BCUT2D eigenvalue weighted by atomic mass is 10.0. The molecule has 7 heteroatoms. The second-order valence-electron chi connectivity index (χ2n) is 10.8. The van der Waals surface area contributed by atoms with Crippen molar-refractivity contribution in [3.8, 4) is 33.8 Å². The average Bonchev–Trinajstić information content (AvgIpc) is 3.67. The Hall–Kier alpha value is -4.62. The molecule has 3 aromatic heterocycles. The number of benzene rings is 3. The number of likely N-dealkylation sites (tertiary alicyclic amines) is 1. The van der Waals surface area contributed by atoms with E-state index in [2.05, 4.69) is 49.8 Å². The molecule has 0 radical (unpaired) electrons.